The summed E-state index contributed by atoms with van der Waals surface area (Å²) < 4.78 is 5.38. The van der Waals surface area contributed by atoms with E-state index in [4.69, 9.17) is 27.9 Å². The average molecular weight is 395 g/mol. The van der Waals surface area contributed by atoms with Crippen molar-refractivity contribution in [3.05, 3.63) is 58.1 Å². The van der Waals surface area contributed by atoms with E-state index in [9.17, 15) is 9.59 Å². The Bertz CT molecular complexity index is 792. The largest absolute Gasteiger partial charge is 0.484 e. The van der Waals surface area contributed by atoms with Gasteiger partial charge in [-0.1, -0.05) is 29.3 Å². The average Bonchev–Trinajstić information content (AvgIpc) is 2.61. The molecule has 0 heterocycles. The number of ether oxygens (including phenoxy) is 1. The second-order valence-electron chi connectivity index (χ2n) is 5.47. The first-order valence-electron chi connectivity index (χ1n) is 8.21. The van der Waals surface area contributed by atoms with Crippen LogP contribution in [0.2, 0.25) is 10.0 Å². The molecule has 0 spiro atoms. The van der Waals surface area contributed by atoms with Gasteiger partial charge in [0.15, 0.2) is 6.61 Å². The summed E-state index contributed by atoms with van der Waals surface area (Å²) in [4.78, 5) is 26.1. The molecule has 5 nitrogen and oxygen atoms in total. The summed E-state index contributed by atoms with van der Waals surface area (Å²) in [6, 6.07) is 11.6. The van der Waals surface area contributed by atoms with Crippen molar-refractivity contribution in [1.29, 1.82) is 0 Å². The van der Waals surface area contributed by atoms with E-state index in [1.54, 1.807) is 47.4 Å². The van der Waals surface area contributed by atoms with Gasteiger partial charge < -0.3 is 15.0 Å². The quantitative estimate of drug-likeness (QED) is 0.752. The molecule has 0 saturated carbocycles. The van der Waals surface area contributed by atoms with E-state index >= 15 is 0 Å². The predicted molar refractivity (Wildman–Crippen MR) is 104 cm³/mol. The van der Waals surface area contributed by atoms with Crippen molar-refractivity contribution in [1.82, 2.24) is 4.90 Å². The maximum atomic E-state index is 12.4. The highest BCUT2D eigenvalue weighted by Gasteiger charge is 2.16. The van der Waals surface area contributed by atoms with Crippen LogP contribution < -0.4 is 10.1 Å². The molecule has 1 N–H and O–H groups in total. The molecule has 0 atom stereocenters. The van der Waals surface area contributed by atoms with E-state index in [-0.39, 0.29) is 23.4 Å². The van der Waals surface area contributed by atoms with Gasteiger partial charge in [0.1, 0.15) is 5.75 Å². The second kappa shape index (κ2) is 9.46. The summed E-state index contributed by atoms with van der Waals surface area (Å²) in [7, 11) is 0. The van der Waals surface area contributed by atoms with Crippen LogP contribution in [0.5, 0.6) is 5.75 Å². The number of nitrogens with zero attached hydrogens (tertiary/aromatic N) is 1. The fraction of sp³-hybridized carbons (Fsp3) is 0.263. The van der Waals surface area contributed by atoms with E-state index in [0.29, 0.717) is 35.1 Å². The Balaban J connectivity index is 1.98. The summed E-state index contributed by atoms with van der Waals surface area (Å²) >= 11 is 12.1. The fourth-order valence-electron chi connectivity index (χ4n) is 2.35. The van der Waals surface area contributed by atoms with Gasteiger partial charge in [0.2, 0.25) is 0 Å². The molecule has 0 aliphatic carbocycles. The van der Waals surface area contributed by atoms with Gasteiger partial charge in [-0.05, 0) is 50.2 Å². The lowest BCUT2D eigenvalue weighted by Crippen LogP contribution is -2.30. The SMILES string of the molecule is CCN(CC)C(=O)c1ccc(NC(=O)COc2cccc(Cl)c2)cc1Cl. The number of amides is 2. The molecule has 0 radical (unpaired) electrons. The first-order valence-corrected chi connectivity index (χ1v) is 8.97. The highest BCUT2D eigenvalue weighted by molar-refractivity contribution is 6.34. The third kappa shape index (κ3) is 5.38. The molecule has 0 aliphatic rings. The molecule has 0 unspecified atom stereocenters. The lowest BCUT2D eigenvalue weighted by molar-refractivity contribution is -0.118. The van der Waals surface area contributed by atoms with Crippen LogP contribution in [0.25, 0.3) is 0 Å². The zero-order chi connectivity index (χ0) is 19.1. The lowest BCUT2D eigenvalue weighted by Gasteiger charge is -2.19. The van der Waals surface area contributed by atoms with Gasteiger partial charge in [-0.25, -0.2) is 0 Å². The molecule has 0 fully saturated rings. The zero-order valence-electron chi connectivity index (χ0n) is 14.6. The van der Waals surface area contributed by atoms with Crippen LogP contribution in [-0.4, -0.2) is 36.4 Å². The zero-order valence-corrected chi connectivity index (χ0v) is 16.1. The van der Waals surface area contributed by atoms with Crippen molar-refractivity contribution in [2.45, 2.75) is 13.8 Å². The van der Waals surface area contributed by atoms with E-state index < -0.39 is 0 Å². The minimum absolute atomic E-state index is 0.137. The molecule has 7 heteroatoms. The van der Waals surface area contributed by atoms with Gasteiger partial charge in [-0.2, -0.15) is 0 Å². The van der Waals surface area contributed by atoms with Crippen LogP contribution in [0.1, 0.15) is 24.2 Å². The molecule has 0 aromatic heterocycles. The van der Waals surface area contributed by atoms with Crippen LogP contribution in [0.4, 0.5) is 5.69 Å². The number of hydrogen-bond donors (Lipinski definition) is 1. The normalized spacial score (nSPS) is 10.3. The Morgan fingerprint density at radius 3 is 2.42 bits per heavy atom. The molecule has 26 heavy (non-hydrogen) atoms. The van der Waals surface area contributed by atoms with E-state index in [1.807, 2.05) is 13.8 Å². The second-order valence-corrected chi connectivity index (χ2v) is 6.31. The molecule has 2 aromatic rings. The van der Waals surface area contributed by atoms with Crippen molar-refractivity contribution in [2.24, 2.45) is 0 Å². The number of rotatable bonds is 7. The molecular weight excluding hydrogens is 375 g/mol. The predicted octanol–water partition coefficient (Wildman–Crippen LogP) is 4.49. The van der Waals surface area contributed by atoms with E-state index in [1.165, 1.54) is 0 Å². The third-order valence-electron chi connectivity index (χ3n) is 3.70. The summed E-state index contributed by atoms with van der Waals surface area (Å²) in [6.07, 6.45) is 0. The molecule has 2 amide bonds. The topological polar surface area (TPSA) is 58.6 Å². The molecule has 2 aromatic carbocycles. The molecule has 0 saturated heterocycles. The van der Waals surface area contributed by atoms with Crippen LogP contribution in [0.15, 0.2) is 42.5 Å². The van der Waals surface area contributed by atoms with Gasteiger partial charge in [-0.15, -0.1) is 0 Å². The van der Waals surface area contributed by atoms with E-state index in [2.05, 4.69) is 5.32 Å². The van der Waals surface area contributed by atoms with E-state index in [0.717, 1.165) is 0 Å². The van der Waals surface area contributed by atoms with Crippen LogP contribution >= 0.6 is 23.2 Å². The van der Waals surface area contributed by atoms with Gasteiger partial charge in [0, 0.05) is 23.8 Å². The standard InChI is InChI=1S/C19H20Cl2N2O3/c1-3-23(4-2)19(25)16-9-8-14(11-17(16)21)22-18(24)12-26-15-7-5-6-13(20)10-15/h5-11H,3-4,12H2,1-2H3,(H,22,24). The molecule has 2 rings (SSSR count). The van der Waals surface area contributed by atoms with Crippen molar-refractivity contribution in [2.75, 3.05) is 25.0 Å². The first-order chi connectivity index (χ1) is 12.4. The van der Waals surface area contributed by atoms with Gasteiger partial charge in [0.05, 0.1) is 10.6 Å². The van der Waals surface area contributed by atoms with Crippen molar-refractivity contribution in [3.63, 3.8) is 0 Å². The van der Waals surface area contributed by atoms with Gasteiger partial charge in [-0.3, -0.25) is 9.59 Å². The molecule has 0 aliphatic heterocycles. The van der Waals surface area contributed by atoms with Crippen LogP contribution in [0.3, 0.4) is 0 Å². The Morgan fingerprint density at radius 2 is 1.81 bits per heavy atom. The fourth-order valence-corrected chi connectivity index (χ4v) is 2.79. The maximum Gasteiger partial charge on any atom is 0.262 e. The number of benzene rings is 2. The van der Waals surface area contributed by atoms with Crippen molar-refractivity contribution >= 4 is 40.7 Å². The monoisotopic (exact) mass is 394 g/mol. The van der Waals surface area contributed by atoms with Crippen LogP contribution in [0, 0.1) is 0 Å². The minimum atomic E-state index is -0.344. The Hall–Kier alpha value is -2.24. The number of nitrogens with one attached hydrogen (secondary N) is 1. The summed E-state index contributed by atoms with van der Waals surface area (Å²) in [5.41, 5.74) is 0.898. The minimum Gasteiger partial charge on any atom is -0.484 e. The maximum absolute atomic E-state index is 12.4. The van der Waals surface area contributed by atoms with Crippen molar-refractivity contribution < 1.29 is 14.3 Å². The van der Waals surface area contributed by atoms with Crippen LogP contribution in [-0.2, 0) is 4.79 Å². The Kier molecular flexibility index (Phi) is 7.30. The number of carbonyl (C=O) groups is 2. The summed E-state index contributed by atoms with van der Waals surface area (Å²) in [5, 5.41) is 3.50. The summed E-state index contributed by atoms with van der Waals surface area (Å²) in [5.74, 6) is 0.0249. The smallest absolute Gasteiger partial charge is 0.262 e. The third-order valence-corrected chi connectivity index (χ3v) is 4.25. The summed E-state index contributed by atoms with van der Waals surface area (Å²) in [6.45, 7) is 4.85. The number of anilines is 1. The first kappa shape index (κ1) is 20.1. The van der Waals surface area contributed by atoms with Crippen molar-refractivity contribution in [3.8, 4) is 5.75 Å². The number of hydrogen-bond acceptors (Lipinski definition) is 3. The molecule has 0 bridgehead atoms. The van der Waals surface area contributed by atoms with Gasteiger partial charge in [0.25, 0.3) is 11.8 Å². The number of halogens is 2. The molecule has 138 valence electrons. The molecular formula is C19H20Cl2N2O3. The lowest BCUT2D eigenvalue weighted by atomic mass is 10.1. The Labute approximate surface area is 162 Å². The number of carbonyl (C=O) groups excluding carboxylic acids is 2. The van der Waals surface area contributed by atoms with Gasteiger partial charge >= 0.3 is 0 Å². The Morgan fingerprint density at radius 1 is 1.08 bits per heavy atom. The highest BCUT2D eigenvalue weighted by Crippen LogP contribution is 2.23. The highest BCUT2D eigenvalue weighted by atomic mass is 35.5.